The van der Waals surface area contributed by atoms with E-state index in [1.54, 1.807) is 0 Å². The minimum atomic E-state index is -3.94. The van der Waals surface area contributed by atoms with Gasteiger partial charge < -0.3 is 10.1 Å². The van der Waals surface area contributed by atoms with Crippen LogP contribution in [0.25, 0.3) is 11.4 Å². The first kappa shape index (κ1) is 27.4. The van der Waals surface area contributed by atoms with E-state index in [1.807, 2.05) is 30.3 Å². The van der Waals surface area contributed by atoms with Crippen LogP contribution in [0.15, 0.2) is 58.6 Å². The summed E-state index contributed by atoms with van der Waals surface area (Å²) in [7, 11) is -2.47. The van der Waals surface area contributed by atoms with Gasteiger partial charge in [-0.3, -0.25) is 9.89 Å². The van der Waals surface area contributed by atoms with E-state index in [1.165, 1.54) is 41.4 Å². The number of sulfonamides is 1. The highest BCUT2D eigenvalue weighted by Gasteiger charge is 2.34. The average Bonchev–Trinajstić information content (AvgIpc) is 3.39. The maximum Gasteiger partial charge on any atom is 0.243 e. The van der Waals surface area contributed by atoms with Crippen LogP contribution in [0, 0.1) is 0 Å². The maximum atomic E-state index is 13.6. The third-order valence-corrected chi connectivity index (χ3v) is 9.22. The van der Waals surface area contributed by atoms with E-state index < -0.39 is 10.0 Å². The number of carbonyl (C=O) groups excluding carboxylic acids is 1. The molecular formula is C25H30ClN5O4S2. The third-order valence-electron chi connectivity index (χ3n) is 6.18. The highest BCUT2D eigenvalue weighted by Crippen LogP contribution is 2.31. The van der Waals surface area contributed by atoms with E-state index >= 15 is 0 Å². The molecule has 1 aliphatic rings. The molecule has 1 saturated carbocycles. The average molecular weight is 564 g/mol. The monoisotopic (exact) mass is 563 g/mol. The zero-order valence-corrected chi connectivity index (χ0v) is 22.9. The molecule has 3 aromatic rings. The smallest absolute Gasteiger partial charge is 0.243 e. The van der Waals surface area contributed by atoms with Crippen molar-refractivity contribution < 1.29 is 17.9 Å². The van der Waals surface area contributed by atoms with E-state index in [0.717, 1.165) is 37.7 Å². The molecular weight excluding hydrogens is 534 g/mol. The van der Waals surface area contributed by atoms with Gasteiger partial charge in [0.05, 0.1) is 23.6 Å². The highest BCUT2D eigenvalue weighted by atomic mass is 35.5. The van der Waals surface area contributed by atoms with Crippen molar-refractivity contribution in [3.05, 3.63) is 53.6 Å². The number of carbonyl (C=O) groups is 1. The Morgan fingerprint density at radius 2 is 1.95 bits per heavy atom. The summed E-state index contributed by atoms with van der Waals surface area (Å²) in [5.74, 6) is 1.26. The van der Waals surface area contributed by atoms with E-state index in [0.29, 0.717) is 29.0 Å². The minimum Gasteiger partial charge on any atom is -0.495 e. The third kappa shape index (κ3) is 7.04. The van der Waals surface area contributed by atoms with Crippen LogP contribution in [0.1, 0.15) is 32.1 Å². The Hall–Kier alpha value is -2.60. The predicted molar refractivity (Wildman–Crippen MR) is 144 cm³/mol. The van der Waals surface area contributed by atoms with Crippen LogP contribution in [0.4, 0.5) is 0 Å². The summed E-state index contributed by atoms with van der Waals surface area (Å²) in [4.78, 5) is 17.3. The number of hydrogen-bond acceptors (Lipinski definition) is 7. The number of aromatic amines is 1. The van der Waals surface area contributed by atoms with E-state index in [-0.39, 0.29) is 28.4 Å². The Balaban J connectivity index is 1.36. The number of benzene rings is 2. The zero-order chi connectivity index (χ0) is 26.3. The summed E-state index contributed by atoms with van der Waals surface area (Å²) < 4.78 is 33.6. The van der Waals surface area contributed by atoms with Crippen LogP contribution < -0.4 is 10.1 Å². The molecule has 0 bridgehead atoms. The van der Waals surface area contributed by atoms with Gasteiger partial charge in [-0.2, -0.15) is 4.31 Å². The van der Waals surface area contributed by atoms with Gasteiger partial charge in [0.1, 0.15) is 5.75 Å². The molecule has 1 fully saturated rings. The quantitative estimate of drug-likeness (QED) is 0.263. The number of H-pyrrole nitrogens is 1. The molecule has 2 N–H and O–H groups in total. The van der Waals surface area contributed by atoms with Gasteiger partial charge in [-0.1, -0.05) is 73.0 Å². The SMILES string of the molecule is COc1ccc(S(=O)(=O)N(CC(=O)NCCSc2n[nH]c(-c3ccccc3)n2)C2CCCCC2)cc1Cl. The molecule has 198 valence electrons. The molecule has 0 atom stereocenters. The predicted octanol–water partition coefficient (Wildman–Crippen LogP) is 4.37. The number of nitrogens with one attached hydrogen (secondary N) is 2. The first-order chi connectivity index (χ1) is 17.9. The van der Waals surface area contributed by atoms with Crippen molar-refractivity contribution >= 4 is 39.3 Å². The van der Waals surface area contributed by atoms with Gasteiger partial charge in [0.25, 0.3) is 0 Å². The molecule has 0 radical (unpaired) electrons. The van der Waals surface area contributed by atoms with Gasteiger partial charge in [-0.25, -0.2) is 13.4 Å². The Kier molecular flexibility index (Phi) is 9.47. The van der Waals surface area contributed by atoms with Crippen molar-refractivity contribution in [3.63, 3.8) is 0 Å². The number of methoxy groups -OCH3 is 1. The molecule has 37 heavy (non-hydrogen) atoms. The Bertz CT molecular complexity index is 1300. The van der Waals surface area contributed by atoms with Gasteiger partial charge in [-0.15, -0.1) is 5.10 Å². The molecule has 1 amide bonds. The van der Waals surface area contributed by atoms with Crippen LogP contribution in [0.2, 0.25) is 5.02 Å². The number of hydrogen-bond donors (Lipinski definition) is 2. The van der Waals surface area contributed by atoms with Crippen LogP contribution >= 0.6 is 23.4 Å². The van der Waals surface area contributed by atoms with E-state index in [9.17, 15) is 13.2 Å². The molecule has 1 aromatic heterocycles. The number of aromatic nitrogens is 3. The van der Waals surface area contributed by atoms with Crippen LogP contribution in [0.5, 0.6) is 5.75 Å². The lowest BCUT2D eigenvalue weighted by Gasteiger charge is -2.33. The zero-order valence-electron chi connectivity index (χ0n) is 20.5. The van der Waals surface area contributed by atoms with Crippen molar-refractivity contribution in [2.45, 2.75) is 48.2 Å². The van der Waals surface area contributed by atoms with E-state index in [4.69, 9.17) is 16.3 Å². The Morgan fingerprint density at radius 1 is 1.19 bits per heavy atom. The molecule has 0 spiro atoms. The van der Waals surface area contributed by atoms with Crippen molar-refractivity contribution in [2.24, 2.45) is 0 Å². The van der Waals surface area contributed by atoms with Gasteiger partial charge in [0, 0.05) is 23.9 Å². The topological polar surface area (TPSA) is 117 Å². The van der Waals surface area contributed by atoms with Crippen molar-refractivity contribution in [2.75, 3.05) is 26.0 Å². The van der Waals surface area contributed by atoms with Gasteiger partial charge in [-0.05, 0) is 31.0 Å². The number of nitrogens with zero attached hydrogens (tertiary/aromatic N) is 3. The molecule has 0 unspecified atom stereocenters. The maximum absolute atomic E-state index is 13.6. The molecule has 1 aliphatic carbocycles. The molecule has 0 aliphatic heterocycles. The molecule has 2 aromatic carbocycles. The molecule has 1 heterocycles. The first-order valence-corrected chi connectivity index (χ1v) is 14.9. The number of halogens is 1. The number of thioether (sulfide) groups is 1. The fourth-order valence-electron chi connectivity index (χ4n) is 4.29. The Labute approximate surface area is 226 Å². The van der Waals surface area contributed by atoms with Crippen LogP contribution in [0.3, 0.4) is 0 Å². The van der Waals surface area contributed by atoms with Gasteiger partial charge in [0.15, 0.2) is 5.82 Å². The minimum absolute atomic E-state index is 0.0473. The molecule has 0 saturated heterocycles. The van der Waals surface area contributed by atoms with Gasteiger partial charge in [0.2, 0.25) is 21.1 Å². The second kappa shape index (κ2) is 12.8. The normalized spacial score (nSPS) is 14.6. The summed E-state index contributed by atoms with van der Waals surface area (Å²) in [5, 5.41) is 10.7. The van der Waals surface area contributed by atoms with Crippen LogP contribution in [-0.4, -0.2) is 65.8 Å². The fourth-order valence-corrected chi connectivity index (χ4v) is 6.93. The fraction of sp³-hybridized carbons (Fsp3) is 0.400. The van der Waals surface area contributed by atoms with E-state index in [2.05, 4.69) is 20.5 Å². The summed E-state index contributed by atoms with van der Waals surface area (Å²) in [5.41, 5.74) is 0.942. The van der Waals surface area contributed by atoms with Crippen molar-refractivity contribution in [3.8, 4) is 17.1 Å². The second-order valence-electron chi connectivity index (χ2n) is 8.67. The van der Waals surface area contributed by atoms with Crippen molar-refractivity contribution in [1.82, 2.24) is 24.8 Å². The lowest BCUT2D eigenvalue weighted by molar-refractivity contribution is -0.121. The Morgan fingerprint density at radius 3 is 2.65 bits per heavy atom. The largest absolute Gasteiger partial charge is 0.495 e. The molecule has 12 heteroatoms. The lowest BCUT2D eigenvalue weighted by Crippen LogP contribution is -2.47. The lowest BCUT2D eigenvalue weighted by atomic mass is 9.95. The highest BCUT2D eigenvalue weighted by molar-refractivity contribution is 7.99. The molecule has 4 rings (SSSR count). The van der Waals surface area contributed by atoms with Gasteiger partial charge >= 0.3 is 0 Å². The number of amides is 1. The second-order valence-corrected chi connectivity index (χ2v) is 12.0. The van der Waals surface area contributed by atoms with Crippen molar-refractivity contribution in [1.29, 1.82) is 0 Å². The summed E-state index contributed by atoms with van der Waals surface area (Å²) in [6.45, 7) is 0.103. The molecule has 9 nitrogen and oxygen atoms in total. The summed E-state index contributed by atoms with van der Waals surface area (Å²) >= 11 is 7.61. The van der Waals surface area contributed by atoms with Crippen LogP contribution in [-0.2, 0) is 14.8 Å². The standard InChI is InChI=1S/C25H30ClN5O4S2/c1-35-22-13-12-20(16-21(22)26)37(33,34)31(19-10-6-3-7-11-19)17-23(32)27-14-15-36-25-28-24(29-30-25)18-8-4-2-5-9-18/h2,4-5,8-9,12-13,16,19H,3,6-7,10-11,14-15,17H2,1H3,(H,27,32)(H,28,29,30). The number of ether oxygens (including phenoxy) is 1. The summed E-state index contributed by atoms with van der Waals surface area (Å²) in [6, 6.07) is 13.8. The number of rotatable bonds is 11. The first-order valence-electron chi connectivity index (χ1n) is 12.1. The summed E-state index contributed by atoms with van der Waals surface area (Å²) in [6.07, 6.45) is 4.37.